The molecule has 32 heavy (non-hydrogen) atoms. The SMILES string of the molecule is C[C@@H](Sc1nnc(Cc2cccs2)n1C1CC1)C(=O)Nc1sc2c(c1C#N)CCCCC2. The van der Waals surface area contributed by atoms with E-state index in [0.717, 1.165) is 61.5 Å². The number of thiophene rings is 2. The van der Waals surface area contributed by atoms with Gasteiger partial charge in [0.1, 0.15) is 16.9 Å². The summed E-state index contributed by atoms with van der Waals surface area (Å²) in [4.78, 5) is 15.6. The van der Waals surface area contributed by atoms with Gasteiger partial charge in [-0.25, -0.2) is 0 Å². The third-order valence-electron chi connectivity index (χ3n) is 5.98. The van der Waals surface area contributed by atoms with Gasteiger partial charge in [-0.1, -0.05) is 24.2 Å². The minimum atomic E-state index is -0.334. The average Bonchev–Trinajstić information content (AvgIpc) is 3.29. The number of nitriles is 1. The highest BCUT2D eigenvalue weighted by atomic mass is 32.2. The fourth-order valence-electron chi connectivity index (χ4n) is 4.15. The zero-order chi connectivity index (χ0) is 22.1. The fourth-order valence-corrected chi connectivity index (χ4v) is 7.03. The summed E-state index contributed by atoms with van der Waals surface area (Å²) in [7, 11) is 0. The molecule has 166 valence electrons. The minimum Gasteiger partial charge on any atom is -0.316 e. The molecule has 3 aromatic rings. The molecule has 1 N–H and O–H groups in total. The van der Waals surface area contributed by atoms with Crippen molar-refractivity contribution >= 4 is 45.3 Å². The van der Waals surface area contributed by atoms with E-state index in [-0.39, 0.29) is 11.2 Å². The van der Waals surface area contributed by atoms with Crippen LogP contribution in [0.1, 0.15) is 71.8 Å². The summed E-state index contributed by atoms with van der Waals surface area (Å²) in [6.07, 6.45) is 8.46. The molecule has 1 amide bonds. The molecular weight excluding hydrogens is 458 g/mol. The van der Waals surface area contributed by atoms with Gasteiger partial charge in [0.2, 0.25) is 5.91 Å². The molecule has 3 aromatic heterocycles. The molecule has 2 aliphatic rings. The van der Waals surface area contributed by atoms with Gasteiger partial charge in [-0.15, -0.1) is 32.9 Å². The Hall–Kier alpha value is -2.15. The van der Waals surface area contributed by atoms with Crippen LogP contribution in [0.2, 0.25) is 0 Å². The number of hydrogen-bond donors (Lipinski definition) is 1. The molecule has 0 spiro atoms. The van der Waals surface area contributed by atoms with E-state index in [1.807, 2.05) is 6.92 Å². The van der Waals surface area contributed by atoms with Gasteiger partial charge in [0.15, 0.2) is 5.16 Å². The number of rotatable bonds is 7. The molecule has 6 nitrogen and oxygen atoms in total. The highest BCUT2D eigenvalue weighted by Gasteiger charge is 2.31. The van der Waals surface area contributed by atoms with Gasteiger partial charge in [-0.3, -0.25) is 4.79 Å². The van der Waals surface area contributed by atoms with E-state index in [9.17, 15) is 10.1 Å². The van der Waals surface area contributed by atoms with Crippen LogP contribution in [-0.4, -0.2) is 25.9 Å². The average molecular weight is 484 g/mol. The minimum absolute atomic E-state index is 0.0898. The lowest BCUT2D eigenvalue weighted by Gasteiger charge is -2.13. The van der Waals surface area contributed by atoms with Gasteiger partial charge in [-0.05, 0) is 62.5 Å². The summed E-state index contributed by atoms with van der Waals surface area (Å²) in [5.74, 6) is 0.881. The number of nitrogens with one attached hydrogen (secondary N) is 1. The number of hydrogen-bond acceptors (Lipinski definition) is 7. The van der Waals surface area contributed by atoms with Crippen LogP contribution in [0.5, 0.6) is 0 Å². The summed E-state index contributed by atoms with van der Waals surface area (Å²) >= 11 is 4.76. The van der Waals surface area contributed by atoms with Gasteiger partial charge < -0.3 is 9.88 Å². The Morgan fingerprint density at radius 3 is 2.94 bits per heavy atom. The van der Waals surface area contributed by atoms with E-state index in [0.29, 0.717) is 16.6 Å². The number of aromatic nitrogens is 3. The number of fused-ring (bicyclic) bond motifs is 1. The maximum atomic E-state index is 13.0. The van der Waals surface area contributed by atoms with Gasteiger partial charge in [0.05, 0.1) is 10.8 Å². The summed E-state index contributed by atoms with van der Waals surface area (Å²) in [5, 5.41) is 24.9. The molecule has 0 bridgehead atoms. The highest BCUT2D eigenvalue weighted by molar-refractivity contribution is 8.00. The lowest BCUT2D eigenvalue weighted by molar-refractivity contribution is -0.115. The molecule has 1 atom stereocenters. The molecule has 2 aliphatic carbocycles. The number of anilines is 1. The van der Waals surface area contributed by atoms with E-state index >= 15 is 0 Å². The first-order valence-electron chi connectivity index (χ1n) is 11.1. The summed E-state index contributed by atoms with van der Waals surface area (Å²) in [5.41, 5.74) is 1.81. The Balaban J connectivity index is 1.31. The van der Waals surface area contributed by atoms with Crippen molar-refractivity contribution in [2.45, 2.75) is 74.7 Å². The maximum absolute atomic E-state index is 13.0. The number of amides is 1. The Morgan fingerprint density at radius 2 is 2.19 bits per heavy atom. The van der Waals surface area contributed by atoms with Crippen molar-refractivity contribution in [3.05, 3.63) is 44.2 Å². The van der Waals surface area contributed by atoms with E-state index in [1.165, 1.54) is 27.9 Å². The van der Waals surface area contributed by atoms with Crippen molar-refractivity contribution in [3.8, 4) is 6.07 Å². The van der Waals surface area contributed by atoms with E-state index in [4.69, 9.17) is 0 Å². The van der Waals surface area contributed by atoms with E-state index in [1.54, 1.807) is 22.7 Å². The van der Waals surface area contributed by atoms with Crippen LogP contribution in [0.3, 0.4) is 0 Å². The Labute approximate surface area is 200 Å². The first kappa shape index (κ1) is 21.7. The van der Waals surface area contributed by atoms with Gasteiger partial charge in [0.25, 0.3) is 0 Å². The Bertz CT molecular complexity index is 1150. The molecule has 0 saturated heterocycles. The topological polar surface area (TPSA) is 83.6 Å². The second-order valence-electron chi connectivity index (χ2n) is 8.39. The molecule has 9 heteroatoms. The van der Waals surface area contributed by atoms with Crippen LogP contribution in [0.4, 0.5) is 5.00 Å². The summed E-state index contributed by atoms with van der Waals surface area (Å²) in [6.45, 7) is 1.90. The number of carbonyl (C=O) groups is 1. The van der Waals surface area contributed by atoms with Gasteiger partial charge in [0, 0.05) is 22.2 Å². The largest absolute Gasteiger partial charge is 0.316 e. The van der Waals surface area contributed by atoms with Crippen LogP contribution in [0, 0.1) is 11.3 Å². The standard InChI is InChI=1S/C23H25N5OS3/c1-14(21(29)25-22-18(13-24)17-7-3-2-4-8-19(17)32-22)31-23-27-26-20(28(23)15-9-10-15)12-16-6-5-11-30-16/h5-6,11,14-15H,2-4,7-10,12H2,1H3,(H,25,29)/t14-/m1/s1. The highest BCUT2D eigenvalue weighted by Crippen LogP contribution is 2.41. The third kappa shape index (κ3) is 4.49. The lowest BCUT2D eigenvalue weighted by atomic mass is 10.1. The molecular formula is C23H25N5OS3. The second kappa shape index (κ2) is 9.38. The van der Waals surface area contributed by atoms with Crippen LogP contribution in [-0.2, 0) is 24.1 Å². The van der Waals surface area contributed by atoms with Crippen molar-refractivity contribution in [2.24, 2.45) is 0 Å². The fraction of sp³-hybridized carbons (Fsp3) is 0.478. The van der Waals surface area contributed by atoms with Crippen LogP contribution < -0.4 is 5.32 Å². The molecule has 1 fully saturated rings. The molecule has 0 aromatic carbocycles. The maximum Gasteiger partial charge on any atom is 0.238 e. The molecule has 3 heterocycles. The Kier molecular flexibility index (Phi) is 6.35. The smallest absolute Gasteiger partial charge is 0.238 e. The summed E-state index contributed by atoms with van der Waals surface area (Å²) in [6, 6.07) is 6.96. The van der Waals surface area contributed by atoms with Crippen molar-refractivity contribution in [2.75, 3.05) is 5.32 Å². The molecule has 1 saturated carbocycles. The monoisotopic (exact) mass is 483 g/mol. The molecule has 0 unspecified atom stereocenters. The van der Waals surface area contributed by atoms with Crippen molar-refractivity contribution in [1.82, 2.24) is 14.8 Å². The predicted molar refractivity (Wildman–Crippen MR) is 130 cm³/mol. The van der Waals surface area contributed by atoms with Crippen molar-refractivity contribution in [1.29, 1.82) is 5.26 Å². The first-order chi connectivity index (χ1) is 15.6. The third-order valence-corrected chi connectivity index (χ3v) is 9.12. The number of carbonyl (C=O) groups excluding carboxylic acids is 1. The first-order valence-corrected chi connectivity index (χ1v) is 13.7. The van der Waals surface area contributed by atoms with E-state index in [2.05, 4.69) is 43.7 Å². The van der Waals surface area contributed by atoms with Crippen LogP contribution in [0.25, 0.3) is 0 Å². The van der Waals surface area contributed by atoms with Crippen molar-refractivity contribution in [3.63, 3.8) is 0 Å². The number of nitrogens with zero attached hydrogens (tertiary/aromatic N) is 4. The zero-order valence-corrected chi connectivity index (χ0v) is 20.4. The van der Waals surface area contributed by atoms with Gasteiger partial charge >= 0.3 is 0 Å². The number of thioether (sulfide) groups is 1. The van der Waals surface area contributed by atoms with E-state index < -0.39 is 0 Å². The van der Waals surface area contributed by atoms with Crippen LogP contribution >= 0.6 is 34.4 Å². The summed E-state index contributed by atoms with van der Waals surface area (Å²) < 4.78 is 2.22. The number of aryl methyl sites for hydroxylation is 1. The Morgan fingerprint density at radius 1 is 1.34 bits per heavy atom. The van der Waals surface area contributed by atoms with Crippen LogP contribution in [0.15, 0.2) is 22.7 Å². The van der Waals surface area contributed by atoms with Crippen molar-refractivity contribution < 1.29 is 4.79 Å². The zero-order valence-electron chi connectivity index (χ0n) is 18.0. The molecule has 0 radical (unpaired) electrons. The second-order valence-corrected chi connectivity index (χ2v) is 11.8. The molecule has 0 aliphatic heterocycles. The lowest BCUT2D eigenvalue weighted by Crippen LogP contribution is -2.23. The van der Waals surface area contributed by atoms with Gasteiger partial charge in [-0.2, -0.15) is 5.26 Å². The molecule has 5 rings (SSSR count). The predicted octanol–water partition coefficient (Wildman–Crippen LogP) is 5.59. The normalized spacial score (nSPS) is 16.8. The quantitative estimate of drug-likeness (QED) is 0.350.